The first-order valence-corrected chi connectivity index (χ1v) is 6.69. The van der Waals surface area contributed by atoms with Gasteiger partial charge in [-0.15, -0.1) is 0 Å². The maximum absolute atomic E-state index is 6.38. The fourth-order valence-electron chi connectivity index (χ4n) is 2.52. The predicted octanol–water partition coefficient (Wildman–Crippen LogP) is 2.35. The summed E-state index contributed by atoms with van der Waals surface area (Å²) in [5.74, 6) is 1.99. The molecule has 1 unspecified atom stereocenters. The van der Waals surface area contributed by atoms with Crippen LogP contribution in [0, 0.1) is 12.8 Å². The van der Waals surface area contributed by atoms with Crippen molar-refractivity contribution in [2.45, 2.75) is 32.7 Å². The van der Waals surface area contributed by atoms with Crippen molar-refractivity contribution in [2.75, 3.05) is 20.2 Å². The van der Waals surface area contributed by atoms with E-state index in [9.17, 15) is 0 Å². The molecule has 0 saturated carbocycles. The van der Waals surface area contributed by atoms with Crippen molar-refractivity contribution in [1.29, 1.82) is 0 Å². The Labute approximate surface area is 110 Å². The van der Waals surface area contributed by atoms with Gasteiger partial charge in [-0.1, -0.05) is 19.9 Å². The monoisotopic (exact) mass is 248 g/mol. The van der Waals surface area contributed by atoms with Gasteiger partial charge in [-0.25, -0.2) is 0 Å². The summed E-state index contributed by atoms with van der Waals surface area (Å²) < 4.78 is 5.47. The lowest BCUT2D eigenvalue weighted by Crippen LogP contribution is -2.47. The lowest BCUT2D eigenvalue weighted by Gasteiger charge is -2.34. The molecule has 0 bridgehead atoms. The molecule has 3 N–H and O–H groups in total. The number of hydrogen-bond acceptors (Lipinski definition) is 3. The second kappa shape index (κ2) is 5.29. The quantitative estimate of drug-likeness (QED) is 0.860. The Hall–Kier alpha value is -1.06. The number of ether oxygens (including phenoxy) is 1. The van der Waals surface area contributed by atoms with Gasteiger partial charge >= 0.3 is 0 Å². The van der Waals surface area contributed by atoms with E-state index in [1.807, 2.05) is 0 Å². The molecule has 1 aliphatic heterocycles. The van der Waals surface area contributed by atoms with Crippen molar-refractivity contribution in [3.05, 3.63) is 28.8 Å². The molecule has 1 saturated heterocycles. The first kappa shape index (κ1) is 13.4. The van der Waals surface area contributed by atoms with Crippen molar-refractivity contribution in [1.82, 2.24) is 5.32 Å². The van der Waals surface area contributed by atoms with E-state index in [0.29, 0.717) is 11.8 Å². The lowest BCUT2D eigenvalue weighted by molar-refractivity contribution is 0.294. The number of hydrogen-bond donors (Lipinski definition) is 2. The van der Waals surface area contributed by atoms with Gasteiger partial charge in [0.15, 0.2) is 0 Å². The van der Waals surface area contributed by atoms with E-state index in [4.69, 9.17) is 10.5 Å². The first-order valence-electron chi connectivity index (χ1n) is 6.69. The normalized spacial score (nSPS) is 17.7. The number of aryl methyl sites for hydroxylation is 1. The predicted molar refractivity (Wildman–Crippen MR) is 75.1 cm³/mol. The highest BCUT2D eigenvalue weighted by atomic mass is 16.5. The molecule has 2 rings (SSSR count). The van der Waals surface area contributed by atoms with Crippen molar-refractivity contribution in [2.24, 2.45) is 11.7 Å². The molecule has 0 aromatic heterocycles. The fraction of sp³-hybridized carbons (Fsp3) is 0.600. The third-order valence-corrected chi connectivity index (χ3v) is 3.92. The molecule has 0 amide bonds. The van der Waals surface area contributed by atoms with E-state index >= 15 is 0 Å². The Kier molecular flexibility index (Phi) is 3.93. The van der Waals surface area contributed by atoms with E-state index in [0.717, 1.165) is 18.8 Å². The minimum atomic E-state index is 0.134. The van der Waals surface area contributed by atoms with Crippen LogP contribution in [0.5, 0.6) is 5.75 Å². The summed E-state index contributed by atoms with van der Waals surface area (Å²) in [6.45, 7) is 8.56. The van der Waals surface area contributed by atoms with E-state index in [-0.39, 0.29) is 6.04 Å². The van der Waals surface area contributed by atoms with Gasteiger partial charge in [0, 0.05) is 25.0 Å². The van der Waals surface area contributed by atoms with E-state index in [2.05, 4.69) is 38.2 Å². The zero-order valence-corrected chi connectivity index (χ0v) is 11.8. The summed E-state index contributed by atoms with van der Waals surface area (Å²) in [5, 5.41) is 3.29. The van der Waals surface area contributed by atoms with Gasteiger partial charge in [-0.05, 0) is 35.6 Å². The van der Waals surface area contributed by atoms with E-state index in [1.54, 1.807) is 7.11 Å². The van der Waals surface area contributed by atoms with Crippen molar-refractivity contribution in [3.63, 3.8) is 0 Å². The summed E-state index contributed by atoms with van der Waals surface area (Å²) in [7, 11) is 1.73. The second-order valence-electron chi connectivity index (χ2n) is 5.55. The third-order valence-electron chi connectivity index (χ3n) is 3.92. The Morgan fingerprint density at radius 3 is 2.39 bits per heavy atom. The number of benzene rings is 1. The zero-order chi connectivity index (χ0) is 13.3. The average Bonchev–Trinajstić information content (AvgIpc) is 2.25. The van der Waals surface area contributed by atoms with Crippen LogP contribution in [0.3, 0.4) is 0 Å². The third kappa shape index (κ3) is 2.38. The molecule has 3 heteroatoms. The smallest absolute Gasteiger partial charge is 0.122 e. The molecule has 1 aromatic carbocycles. The van der Waals surface area contributed by atoms with Crippen LogP contribution in [-0.2, 0) is 0 Å². The van der Waals surface area contributed by atoms with Gasteiger partial charge in [0.25, 0.3) is 0 Å². The van der Waals surface area contributed by atoms with Crippen LogP contribution in [0.2, 0.25) is 0 Å². The van der Waals surface area contributed by atoms with Gasteiger partial charge in [0.1, 0.15) is 5.75 Å². The Bertz CT molecular complexity index is 425. The molecule has 1 fully saturated rings. The highest BCUT2D eigenvalue weighted by Gasteiger charge is 2.27. The molecule has 0 spiro atoms. The van der Waals surface area contributed by atoms with Crippen LogP contribution in [-0.4, -0.2) is 20.2 Å². The summed E-state index contributed by atoms with van der Waals surface area (Å²) in [4.78, 5) is 0. The van der Waals surface area contributed by atoms with Crippen molar-refractivity contribution < 1.29 is 4.74 Å². The Morgan fingerprint density at radius 1 is 1.28 bits per heavy atom. The van der Waals surface area contributed by atoms with E-state index in [1.165, 1.54) is 16.7 Å². The van der Waals surface area contributed by atoms with Crippen LogP contribution in [0.25, 0.3) is 0 Å². The van der Waals surface area contributed by atoms with Gasteiger partial charge in [0.05, 0.1) is 7.11 Å². The topological polar surface area (TPSA) is 47.3 Å². The molecular formula is C15H24N2O. The highest BCUT2D eigenvalue weighted by Crippen LogP contribution is 2.34. The molecule has 0 aliphatic carbocycles. The van der Waals surface area contributed by atoms with Crippen LogP contribution in [0.1, 0.15) is 42.5 Å². The molecule has 1 aliphatic rings. The minimum absolute atomic E-state index is 0.134. The van der Waals surface area contributed by atoms with Gasteiger partial charge < -0.3 is 15.8 Å². The highest BCUT2D eigenvalue weighted by molar-refractivity contribution is 5.45. The molecule has 100 valence electrons. The largest absolute Gasteiger partial charge is 0.496 e. The molecule has 1 atom stereocenters. The zero-order valence-electron chi connectivity index (χ0n) is 11.8. The fourth-order valence-corrected chi connectivity index (χ4v) is 2.52. The number of rotatable bonds is 4. The number of nitrogens with one attached hydrogen (secondary N) is 1. The first-order chi connectivity index (χ1) is 8.54. The molecule has 3 nitrogen and oxygen atoms in total. The number of nitrogens with two attached hydrogens (primary N) is 1. The minimum Gasteiger partial charge on any atom is -0.496 e. The summed E-state index contributed by atoms with van der Waals surface area (Å²) in [5.41, 5.74) is 10.1. The standard InChI is InChI=1S/C15H24N2O/c1-9(2)12-6-13(10(3)5-14(12)18-4)15(16)11-7-17-8-11/h5-6,9,11,15,17H,7-8,16H2,1-4H3. The van der Waals surface area contributed by atoms with E-state index < -0.39 is 0 Å². The maximum Gasteiger partial charge on any atom is 0.122 e. The van der Waals surface area contributed by atoms with Crippen molar-refractivity contribution >= 4 is 0 Å². The molecule has 1 heterocycles. The van der Waals surface area contributed by atoms with Gasteiger partial charge in [-0.2, -0.15) is 0 Å². The Balaban J connectivity index is 2.37. The van der Waals surface area contributed by atoms with Crippen LogP contribution in [0.4, 0.5) is 0 Å². The molecular weight excluding hydrogens is 224 g/mol. The molecule has 1 aromatic rings. The second-order valence-corrected chi connectivity index (χ2v) is 5.55. The van der Waals surface area contributed by atoms with Crippen LogP contribution < -0.4 is 15.8 Å². The summed E-state index contributed by atoms with van der Waals surface area (Å²) in [6, 6.07) is 4.49. The van der Waals surface area contributed by atoms with Crippen molar-refractivity contribution in [3.8, 4) is 5.75 Å². The molecule has 0 radical (unpaired) electrons. The average molecular weight is 248 g/mol. The lowest BCUT2D eigenvalue weighted by atomic mass is 9.85. The van der Waals surface area contributed by atoms with Gasteiger partial charge in [0.2, 0.25) is 0 Å². The Morgan fingerprint density at radius 2 is 1.94 bits per heavy atom. The van der Waals surface area contributed by atoms with Crippen LogP contribution >= 0.6 is 0 Å². The maximum atomic E-state index is 6.38. The SMILES string of the molecule is COc1cc(C)c(C(N)C2CNC2)cc1C(C)C. The summed E-state index contributed by atoms with van der Waals surface area (Å²) >= 11 is 0. The summed E-state index contributed by atoms with van der Waals surface area (Å²) in [6.07, 6.45) is 0. The molecule has 18 heavy (non-hydrogen) atoms. The van der Waals surface area contributed by atoms with Crippen LogP contribution in [0.15, 0.2) is 12.1 Å². The number of methoxy groups -OCH3 is 1. The van der Waals surface area contributed by atoms with Gasteiger partial charge in [-0.3, -0.25) is 0 Å².